The summed E-state index contributed by atoms with van der Waals surface area (Å²) in [6.45, 7) is 7.17. The van der Waals surface area contributed by atoms with Gasteiger partial charge in [-0.3, -0.25) is 0 Å². The highest BCUT2D eigenvalue weighted by molar-refractivity contribution is 5.10. The van der Waals surface area contributed by atoms with E-state index in [9.17, 15) is 10.2 Å². The highest BCUT2D eigenvalue weighted by Gasteiger charge is 2.61. The van der Waals surface area contributed by atoms with Gasteiger partial charge < -0.3 is 10.2 Å². The normalized spacial score (nSPS) is 61.2. The van der Waals surface area contributed by atoms with Gasteiger partial charge in [-0.2, -0.15) is 0 Å². The quantitative estimate of drug-likeness (QED) is 0.710. The van der Waals surface area contributed by atoms with Crippen LogP contribution in [0.1, 0.15) is 72.1 Å². The second kappa shape index (κ2) is 4.96. The SMILES string of the molecule is C[C@@H]1C[C@H]2[C@@H]3CC[C@H]4C[C@@H](O)CC[C@]4(C)[C@H]3CC[C@]2(C)[C@@H]1O. The van der Waals surface area contributed by atoms with Gasteiger partial charge in [0.05, 0.1) is 12.2 Å². The molecule has 22 heavy (non-hydrogen) atoms. The Kier molecular flexibility index (Phi) is 3.48. The summed E-state index contributed by atoms with van der Waals surface area (Å²) in [5.41, 5.74) is 0.637. The minimum Gasteiger partial charge on any atom is -0.393 e. The van der Waals surface area contributed by atoms with Crippen LogP contribution in [0.2, 0.25) is 0 Å². The van der Waals surface area contributed by atoms with Crippen molar-refractivity contribution in [3.05, 3.63) is 0 Å². The van der Waals surface area contributed by atoms with Crippen LogP contribution in [0, 0.1) is 40.4 Å². The predicted octanol–water partition coefficient (Wildman–Crippen LogP) is 4.00. The fourth-order valence-corrected chi connectivity index (χ4v) is 7.57. The lowest BCUT2D eigenvalue weighted by molar-refractivity contribution is -0.134. The fraction of sp³-hybridized carbons (Fsp3) is 1.00. The van der Waals surface area contributed by atoms with E-state index in [0.29, 0.717) is 11.3 Å². The zero-order valence-corrected chi connectivity index (χ0v) is 14.6. The molecule has 4 aliphatic carbocycles. The van der Waals surface area contributed by atoms with Crippen molar-refractivity contribution in [1.29, 1.82) is 0 Å². The van der Waals surface area contributed by atoms with Crippen LogP contribution in [0.15, 0.2) is 0 Å². The number of hydrogen-bond acceptors (Lipinski definition) is 2. The molecule has 0 unspecified atom stereocenters. The Morgan fingerprint density at radius 3 is 2.32 bits per heavy atom. The van der Waals surface area contributed by atoms with Gasteiger partial charge in [-0.05, 0) is 91.8 Å². The van der Waals surface area contributed by atoms with E-state index < -0.39 is 0 Å². The Morgan fingerprint density at radius 2 is 1.55 bits per heavy atom. The summed E-state index contributed by atoms with van der Waals surface area (Å²) in [5.74, 6) is 3.63. The van der Waals surface area contributed by atoms with Gasteiger partial charge in [-0.1, -0.05) is 20.8 Å². The molecule has 0 heterocycles. The Bertz CT molecular complexity index is 449. The van der Waals surface area contributed by atoms with E-state index in [2.05, 4.69) is 20.8 Å². The van der Waals surface area contributed by atoms with Crippen LogP contribution >= 0.6 is 0 Å². The summed E-state index contributed by atoms with van der Waals surface area (Å²) in [5, 5.41) is 20.8. The number of hydrogen-bond donors (Lipinski definition) is 2. The summed E-state index contributed by atoms with van der Waals surface area (Å²) in [7, 11) is 0. The van der Waals surface area contributed by atoms with Crippen molar-refractivity contribution >= 4 is 0 Å². The highest BCUT2D eigenvalue weighted by Crippen LogP contribution is 2.66. The molecule has 0 radical (unpaired) electrons. The predicted molar refractivity (Wildman–Crippen MR) is 88.3 cm³/mol. The van der Waals surface area contributed by atoms with Crippen molar-refractivity contribution < 1.29 is 10.2 Å². The Morgan fingerprint density at radius 1 is 0.818 bits per heavy atom. The lowest BCUT2D eigenvalue weighted by Gasteiger charge is -2.60. The van der Waals surface area contributed by atoms with Gasteiger partial charge in [0.25, 0.3) is 0 Å². The molecule has 4 fully saturated rings. The molecule has 4 aliphatic rings. The van der Waals surface area contributed by atoms with Crippen LogP contribution in [0.25, 0.3) is 0 Å². The second-order valence-corrected chi connectivity index (χ2v) is 9.79. The topological polar surface area (TPSA) is 40.5 Å². The van der Waals surface area contributed by atoms with Gasteiger partial charge in [0.15, 0.2) is 0 Å². The molecular formula is C20H34O2. The number of rotatable bonds is 0. The van der Waals surface area contributed by atoms with Crippen LogP contribution in [0.3, 0.4) is 0 Å². The van der Waals surface area contributed by atoms with Crippen molar-refractivity contribution in [2.45, 2.75) is 84.3 Å². The van der Waals surface area contributed by atoms with Crippen molar-refractivity contribution in [2.75, 3.05) is 0 Å². The lowest BCUT2D eigenvalue weighted by Crippen LogP contribution is -2.54. The van der Waals surface area contributed by atoms with Crippen LogP contribution < -0.4 is 0 Å². The van der Waals surface area contributed by atoms with E-state index in [1.165, 1.54) is 38.5 Å². The molecule has 2 N–H and O–H groups in total. The fourth-order valence-electron chi connectivity index (χ4n) is 7.57. The van der Waals surface area contributed by atoms with E-state index in [1.54, 1.807) is 0 Å². The molecule has 0 aromatic carbocycles. The first-order valence-electron chi connectivity index (χ1n) is 9.72. The minimum absolute atomic E-state index is 0.0446. The number of aliphatic hydroxyl groups excluding tert-OH is 2. The standard InChI is InChI=1S/C20H34O2/c1-12-10-17-15-5-4-13-11-14(21)6-8-19(13,2)16(15)7-9-20(17,3)18(12)22/h12-18,21-22H,4-11H2,1-3H3/t12-,13+,14+,15-,16+,17+,18-,19+,20+/m1/s1. The van der Waals surface area contributed by atoms with Gasteiger partial charge in [0.2, 0.25) is 0 Å². The third-order valence-corrected chi connectivity index (χ3v) is 8.92. The van der Waals surface area contributed by atoms with E-state index in [-0.39, 0.29) is 17.6 Å². The third-order valence-electron chi connectivity index (χ3n) is 8.92. The van der Waals surface area contributed by atoms with E-state index >= 15 is 0 Å². The zero-order valence-electron chi connectivity index (χ0n) is 14.6. The van der Waals surface area contributed by atoms with Gasteiger partial charge in [-0.15, -0.1) is 0 Å². The summed E-state index contributed by atoms with van der Waals surface area (Å²) in [6, 6.07) is 0. The molecule has 0 spiro atoms. The molecule has 2 nitrogen and oxygen atoms in total. The summed E-state index contributed by atoms with van der Waals surface area (Å²) in [6.07, 6.45) is 9.57. The molecule has 9 atom stereocenters. The highest BCUT2D eigenvalue weighted by atomic mass is 16.3. The molecule has 0 aliphatic heterocycles. The van der Waals surface area contributed by atoms with Crippen molar-refractivity contribution in [1.82, 2.24) is 0 Å². The van der Waals surface area contributed by atoms with E-state index in [0.717, 1.165) is 36.5 Å². The Balaban J connectivity index is 1.63. The van der Waals surface area contributed by atoms with Gasteiger partial charge in [0, 0.05) is 0 Å². The average Bonchev–Trinajstić information content (AvgIpc) is 2.72. The monoisotopic (exact) mass is 306 g/mol. The van der Waals surface area contributed by atoms with Gasteiger partial charge >= 0.3 is 0 Å². The smallest absolute Gasteiger partial charge is 0.0622 e. The van der Waals surface area contributed by atoms with Crippen LogP contribution in [-0.4, -0.2) is 22.4 Å². The zero-order chi connectivity index (χ0) is 15.7. The van der Waals surface area contributed by atoms with Crippen molar-refractivity contribution in [3.8, 4) is 0 Å². The van der Waals surface area contributed by atoms with Crippen LogP contribution in [0.5, 0.6) is 0 Å². The minimum atomic E-state index is -0.0860. The summed E-state index contributed by atoms with van der Waals surface area (Å²) < 4.78 is 0. The van der Waals surface area contributed by atoms with Gasteiger partial charge in [-0.25, -0.2) is 0 Å². The van der Waals surface area contributed by atoms with E-state index in [4.69, 9.17) is 0 Å². The Hall–Kier alpha value is -0.0800. The number of fused-ring (bicyclic) bond motifs is 5. The maximum atomic E-state index is 10.7. The van der Waals surface area contributed by atoms with Crippen molar-refractivity contribution in [2.24, 2.45) is 40.4 Å². The second-order valence-electron chi connectivity index (χ2n) is 9.79. The maximum Gasteiger partial charge on any atom is 0.0622 e. The first-order valence-corrected chi connectivity index (χ1v) is 9.72. The Labute approximate surface area is 135 Å². The molecule has 126 valence electrons. The first-order chi connectivity index (χ1) is 10.4. The molecule has 4 saturated carbocycles. The summed E-state index contributed by atoms with van der Waals surface area (Å²) >= 11 is 0. The molecular weight excluding hydrogens is 272 g/mol. The van der Waals surface area contributed by atoms with E-state index in [1.807, 2.05) is 0 Å². The lowest BCUT2D eigenvalue weighted by atomic mass is 9.45. The molecule has 4 rings (SSSR count). The maximum absolute atomic E-state index is 10.7. The first kappa shape index (κ1) is 15.4. The van der Waals surface area contributed by atoms with Crippen molar-refractivity contribution in [3.63, 3.8) is 0 Å². The molecule has 2 heteroatoms. The summed E-state index contributed by atoms with van der Waals surface area (Å²) in [4.78, 5) is 0. The molecule has 0 aromatic heterocycles. The molecule has 0 saturated heterocycles. The molecule has 0 amide bonds. The number of aliphatic hydroxyl groups is 2. The molecule has 0 aromatic rings. The van der Waals surface area contributed by atoms with Crippen LogP contribution in [-0.2, 0) is 0 Å². The third kappa shape index (κ3) is 1.92. The van der Waals surface area contributed by atoms with Crippen LogP contribution in [0.4, 0.5) is 0 Å². The molecule has 0 bridgehead atoms. The average molecular weight is 306 g/mol. The largest absolute Gasteiger partial charge is 0.393 e. The van der Waals surface area contributed by atoms with Gasteiger partial charge in [0.1, 0.15) is 0 Å².